The minimum absolute atomic E-state index is 0.296. The van der Waals surface area contributed by atoms with Crippen LogP contribution in [0.3, 0.4) is 0 Å². The van der Waals surface area contributed by atoms with Crippen molar-refractivity contribution in [1.82, 2.24) is 0 Å². The number of rotatable bonds is 6. The second-order valence-corrected chi connectivity index (χ2v) is 4.06. The number of unbranched alkanes of at least 4 members (excludes halogenated alkanes) is 3. The van der Waals surface area contributed by atoms with Gasteiger partial charge in [0.25, 0.3) is 0 Å². The first kappa shape index (κ1) is 12.7. The summed E-state index contributed by atoms with van der Waals surface area (Å²) < 4.78 is 14.7. The van der Waals surface area contributed by atoms with Crippen LogP contribution < -0.4 is 0 Å². The maximum absolute atomic E-state index is 10.4. The van der Waals surface area contributed by atoms with Gasteiger partial charge in [-0.15, -0.1) is 0 Å². The van der Waals surface area contributed by atoms with E-state index in [2.05, 4.69) is 11.4 Å². The molecule has 0 radical (unpaired) electrons. The van der Waals surface area contributed by atoms with Gasteiger partial charge in [0.05, 0.1) is 0 Å². The number of hydrogen-bond donors (Lipinski definition) is 2. The molecule has 0 atom stereocenters. The second kappa shape index (κ2) is 6.19. The smallest absolute Gasteiger partial charge is 0.409 e. The highest BCUT2D eigenvalue weighted by molar-refractivity contribution is 7.46. The molecular weight excluding hydrogens is 191 g/mol. The lowest BCUT2D eigenvalue weighted by Gasteiger charge is -2.06. The Hall–Kier alpha value is -0.310. The zero-order valence-corrected chi connectivity index (χ0v) is 8.96. The molecule has 0 bridgehead atoms. The SMILES string of the molecule is CCCCCC=C(C)OP(=O)(O)O. The minimum atomic E-state index is -4.35. The van der Waals surface area contributed by atoms with Gasteiger partial charge in [-0.25, -0.2) is 4.57 Å². The van der Waals surface area contributed by atoms with E-state index in [9.17, 15) is 4.57 Å². The Morgan fingerprint density at radius 1 is 1.46 bits per heavy atom. The van der Waals surface area contributed by atoms with Crippen molar-refractivity contribution in [3.63, 3.8) is 0 Å². The highest BCUT2D eigenvalue weighted by Crippen LogP contribution is 2.38. The number of phosphoric acid groups is 1. The molecule has 0 saturated heterocycles. The Balaban J connectivity index is 3.70. The lowest BCUT2D eigenvalue weighted by molar-refractivity contribution is 0.242. The summed E-state index contributed by atoms with van der Waals surface area (Å²) in [6, 6.07) is 0. The summed E-state index contributed by atoms with van der Waals surface area (Å²) in [5, 5.41) is 0. The third-order valence-electron chi connectivity index (χ3n) is 1.50. The van der Waals surface area contributed by atoms with E-state index in [1.165, 1.54) is 0 Å². The number of hydrogen-bond acceptors (Lipinski definition) is 2. The third kappa shape index (κ3) is 9.61. The average molecular weight is 208 g/mol. The molecule has 0 rings (SSSR count). The number of allylic oxidation sites excluding steroid dienone is 2. The lowest BCUT2D eigenvalue weighted by Crippen LogP contribution is -1.85. The van der Waals surface area contributed by atoms with Crippen LogP contribution in [0.1, 0.15) is 39.5 Å². The van der Waals surface area contributed by atoms with Gasteiger partial charge in [0, 0.05) is 0 Å². The molecule has 2 N–H and O–H groups in total. The molecule has 0 aromatic heterocycles. The summed E-state index contributed by atoms with van der Waals surface area (Å²) in [5.41, 5.74) is 0. The lowest BCUT2D eigenvalue weighted by atomic mass is 10.2. The van der Waals surface area contributed by atoms with Crippen molar-refractivity contribution in [2.45, 2.75) is 39.5 Å². The van der Waals surface area contributed by atoms with Crippen molar-refractivity contribution in [3.05, 3.63) is 11.8 Å². The van der Waals surface area contributed by atoms with E-state index in [1.807, 2.05) is 0 Å². The summed E-state index contributed by atoms with van der Waals surface area (Å²) in [5.74, 6) is 0.296. The predicted molar refractivity (Wildman–Crippen MR) is 51.0 cm³/mol. The van der Waals surface area contributed by atoms with Crippen LogP contribution in [0.25, 0.3) is 0 Å². The molecule has 0 spiro atoms. The summed E-state index contributed by atoms with van der Waals surface area (Å²) >= 11 is 0. The maximum Gasteiger partial charge on any atom is 0.524 e. The van der Waals surface area contributed by atoms with Crippen molar-refractivity contribution in [3.8, 4) is 0 Å². The summed E-state index contributed by atoms with van der Waals surface area (Å²) in [6.07, 6.45) is 5.79. The topological polar surface area (TPSA) is 66.8 Å². The van der Waals surface area contributed by atoms with Gasteiger partial charge < -0.3 is 4.52 Å². The van der Waals surface area contributed by atoms with Crippen LogP contribution in [0, 0.1) is 0 Å². The van der Waals surface area contributed by atoms with Crippen LogP contribution in [0.2, 0.25) is 0 Å². The van der Waals surface area contributed by atoms with Crippen LogP contribution in [0.4, 0.5) is 0 Å². The van der Waals surface area contributed by atoms with Crippen LogP contribution in [-0.2, 0) is 9.09 Å². The quantitative estimate of drug-likeness (QED) is 0.400. The molecule has 0 aliphatic heterocycles. The molecule has 0 aromatic rings. The fraction of sp³-hybridized carbons (Fsp3) is 0.750. The van der Waals surface area contributed by atoms with E-state index in [-0.39, 0.29) is 0 Å². The molecule has 0 heterocycles. The molecular formula is C8H17O4P. The molecule has 13 heavy (non-hydrogen) atoms. The van der Waals surface area contributed by atoms with Crippen molar-refractivity contribution in [1.29, 1.82) is 0 Å². The first-order chi connectivity index (χ1) is 5.95. The zero-order valence-electron chi connectivity index (χ0n) is 8.06. The normalized spacial score (nSPS) is 13.1. The van der Waals surface area contributed by atoms with Gasteiger partial charge in [-0.05, 0) is 25.8 Å². The van der Waals surface area contributed by atoms with Crippen molar-refractivity contribution >= 4 is 7.82 Å². The van der Waals surface area contributed by atoms with E-state index >= 15 is 0 Å². The van der Waals surface area contributed by atoms with E-state index in [4.69, 9.17) is 9.79 Å². The van der Waals surface area contributed by atoms with E-state index < -0.39 is 7.82 Å². The Bertz CT molecular complexity index is 206. The third-order valence-corrected chi connectivity index (χ3v) is 2.03. The Kier molecular flexibility index (Phi) is 6.04. The summed E-state index contributed by atoms with van der Waals surface area (Å²) in [4.78, 5) is 16.9. The Morgan fingerprint density at radius 3 is 2.54 bits per heavy atom. The van der Waals surface area contributed by atoms with E-state index in [1.54, 1.807) is 13.0 Å². The van der Waals surface area contributed by atoms with Crippen LogP contribution >= 0.6 is 7.82 Å². The molecule has 4 nitrogen and oxygen atoms in total. The molecule has 0 amide bonds. The Labute approximate surface area is 78.9 Å². The molecule has 0 fully saturated rings. The highest BCUT2D eigenvalue weighted by Gasteiger charge is 2.14. The second-order valence-electron chi connectivity index (χ2n) is 2.89. The molecule has 0 aromatic carbocycles. The molecule has 0 saturated carbocycles. The first-order valence-electron chi connectivity index (χ1n) is 4.37. The average Bonchev–Trinajstić information content (AvgIpc) is 1.94. The van der Waals surface area contributed by atoms with Crippen LogP contribution in [0.15, 0.2) is 11.8 Å². The van der Waals surface area contributed by atoms with Gasteiger partial charge in [-0.1, -0.05) is 19.8 Å². The molecule has 0 aliphatic rings. The fourth-order valence-corrected chi connectivity index (χ4v) is 1.37. The van der Waals surface area contributed by atoms with Crippen LogP contribution in [-0.4, -0.2) is 9.79 Å². The van der Waals surface area contributed by atoms with Crippen molar-refractivity contribution < 1.29 is 18.9 Å². The van der Waals surface area contributed by atoms with E-state index in [0.29, 0.717) is 5.76 Å². The van der Waals surface area contributed by atoms with Gasteiger partial charge in [0.15, 0.2) is 0 Å². The van der Waals surface area contributed by atoms with Gasteiger partial charge in [-0.2, -0.15) is 0 Å². The molecule has 0 aliphatic carbocycles. The monoisotopic (exact) mass is 208 g/mol. The largest absolute Gasteiger partial charge is 0.524 e. The summed E-state index contributed by atoms with van der Waals surface area (Å²) in [6.45, 7) is 3.65. The first-order valence-corrected chi connectivity index (χ1v) is 5.90. The van der Waals surface area contributed by atoms with Crippen LogP contribution in [0.5, 0.6) is 0 Å². The Morgan fingerprint density at radius 2 is 2.08 bits per heavy atom. The van der Waals surface area contributed by atoms with Gasteiger partial charge >= 0.3 is 7.82 Å². The van der Waals surface area contributed by atoms with E-state index in [0.717, 1.165) is 25.7 Å². The molecule has 78 valence electrons. The molecule has 5 heteroatoms. The van der Waals surface area contributed by atoms with Crippen molar-refractivity contribution in [2.24, 2.45) is 0 Å². The summed E-state index contributed by atoms with van der Waals surface area (Å²) in [7, 11) is -4.35. The van der Waals surface area contributed by atoms with Gasteiger partial charge in [0.2, 0.25) is 0 Å². The predicted octanol–water partition coefficient (Wildman–Crippen LogP) is 2.58. The number of phosphoric ester groups is 1. The standard InChI is InChI=1S/C8H17O4P/c1-3-4-5-6-7-8(2)12-13(9,10)11/h7H,3-6H2,1-2H3,(H2,9,10,11). The van der Waals surface area contributed by atoms with Gasteiger partial charge in [0.1, 0.15) is 5.76 Å². The maximum atomic E-state index is 10.4. The fourth-order valence-electron chi connectivity index (χ4n) is 0.925. The van der Waals surface area contributed by atoms with Gasteiger partial charge in [-0.3, -0.25) is 9.79 Å². The molecule has 0 unspecified atom stereocenters. The minimum Gasteiger partial charge on any atom is -0.409 e. The van der Waals surface area contributed by atoms with Crippen molar-refractivity contribution in [2.75, 3.05) is 0 Å². The zero-order chi connectivity index (χ0) is 10.3. The highest BCUT2D eigenvalue weighted by atomic mass is 31.2.